The highest BCUT2D eigenvalue weighted by molar-refractivity contribution is 7.17. The first-order valence-electron chi connectivity index (χ1n) is 8.58. The summed E-state index contributed by atoms with van der Waals surface area (Å²) in [5, 5.41) is 6.54. The average molecular weight is 409 g/mol. The number of nitrogens with zero attached hydrogens (tertiary/aromatic N) is 1. The quantitative estimate of drug-likeness (QED) is 0.706. The Morgan fingerprint density at radius 1 is 1.29 bits per heavy atom. The van der Waals surface area contributed by atoms with Crippen LogP contribution < -0.4 is 10.6 Å². The number of aromatic nitrogens is 1. The van der Waals surface area contributed by atoms with E-state index in [0.717, 1.165) is 30.0 Å². The molecule has 0 unspecified atom stereocenters. The molecule has 0 spiro atoms. The molecule has 0 aliphatic carbocycles. The number of rotatable bonds is 3. The summed E-state index contributed by atoms with van der Waals surface area (Å²) in [6, 6.07) is 5.03. The van der Waals surface area contributed by atoms with E-state index in [4.69, 9.17) is 0 Å². The number of allylic oxidation sites excluding steroid dienone is 1. The number of nitrogens with one attached hydrogen (secondary N) is 2. The molecule has 0 amide bonds. The molecule has 0 atom stereocenters. The molecule has 150 valence electrons. The molecule has 1 aromatic carbocycles. The van der Waals surface area contributed by atoms with Gasteiger partial charge in [0.15, 0.2) is 10.8 Å². The molecule has 1 aromatic heterocycles. The highest BCUT2D eigenvalue weighted by Gasteiger charge is 2.30. The monoisotopic (exact) mass is 409 g/mol. The molecule has 4 nitrogen and oxygen atoms in total. The zero-order chi connectivity index (χ0) is 20.9. The maximum atomic E-state index is 12.7. The van der Waals surface area contributed by atoms with Gasteiger partial charge in [0.1, 0.15) is 0 Å². The number of alkyl halides is 3. The summed E-state index contributed by atoms with van der Waals surface area (Å²) in [6.45, 7) is 6.08. The number of thiazole rings is 1. The second kappa shape index (κ2) is 9.05. The first kappa shape index (κ1) is 21.7. The van der Waals surface area contributed by atoms with Crippen molar-refractivity contribution in [3.05, 3.63) is 64.1 Å². The second-order valence-corrected chi connectivity index (χ2v) is 7.17. The number of carbonyl (C=O) groups excluding carboxylic acids is 1. The Morgan fingerprint density at radius 3 is 2.50 bits per heavy atom. The summed E-state index contributed by atoms with van der Waals surface area (Å²) in [5.41, 5.74) is 2.78. The van der Waals surface area contributed by atoms with Crippen molar-refractivity contribution in [2.45, 2.75) is 26.9 Å². The molecule has 0 saturated heterocycles. The van der Waals surface area contributed by atoms with Gasteiger partial charge in [-0.05, 0) is 43.2 Å². The third kappa shape index (κ3) is 5.45. The predicted octanol–water partition coefficient (Wildman–Crippen LogP) is 4.94. The van der Waals surface area contributed by atoms with Crippen molar-refractivity contribution < 1.29 is 18.0 Å². The molecule has 3 rings (SSSR count). The maximum absolute atomic E-state index is 12.7. The molecule has 2 aromatic rings. The Kier molecular flexibility index (Phi) is 7.01. The van der Waals surface area contributed by atoms with Gasteiger partial charge < -0.3 is 10.6 Å². The lowest BCUT2D eigenvalue weighted by Gasteiger charge is -2.12. The van der Waals surface area contributed by atoms with E-state index in [1.165, 1.54) is 24.3 Å². The molecule has 2 N–H and O–H groups in total. The van der Waals surface area contributed by atoms with Crippen LogP contribution >= 0.6 is 11.3 Å². The zero-order valence-electron chi connectivity index (χ0n) is 16.1. The smallest absolute Gasteiger partial charge is 0.388 e. The number of hydrogen-bond acceptors (Lipinski definition) is 5. The van der Waals surface area contributed by atoms with Crippen molar-refractivity contribution in [1.82, 2.24) is 15.6 Å². The van der Waals surface area contributed by atoms with Crippen molar-refractivity contribution in [2.75, 3.05) is 13.6 Å². The van der Waals surface area contributed by atoms with Gasteiger partial charge in [-0.25, -0.2) is 4.98 Å². The van der Waals surface area contributed by atoms with Crippen LogP contribution in [0.2, 0.25) is 0 Å². The van der Waals surface area contributed by atoms with Crippen LogP contribution in [-0.2, 0) is 6.18 Å². The molecule has 1 aliphatic rings. The molecule has 2 heterocycles. The number of dihydropyridines is 1. The van der Waals surface area contributed by atoms with Crippen LogP contribution in [-0.4, -0.2) is 24.4 Å². The number of Topliss-reactive ketones (excluding diaryl/α,β-unsaturated/α-hetero) is 1. The third-order valence-electron chi connectivity index (χ3n) is 3.99. The predicted molar refractivity (Wildman–Crippen MR) is 106 cm³/mol. The minimum absolute atomic E-state index is 0.189. The van der Waals surface area contributed by atoms with Gasteiger partial charge in [-0.1, -0.05) is 12.1 Å². The summed E-state index contributed by atoms with van der Waals surface area (Å²) < 4.78 is 38.0. The van der Waals surface area contributed by atoms with Crippen LogP contribution in [0, 0.1) is 6.92 Å². The number of benzene rings is 1. The summed E-state index contributed by atoms with van der Waals surface area (Å²) in [7, 11) is 1.94. The van der Waals surface area contributed by atoms with E-state index < -0.39 is 11.7 Å². The van der Waals surface area contributed by atoms with E-state index in [1.54, 1.807) is 13.0 Å². The molecule has 0 saturated carbocycles. The van der Waals surface area contributed by atoms with Crippen LogP contribution in [0.25, 0.3) is 10.4 Å². The van der Waals surface area contributed by atoms with E-state index in [9.17, 15) is 18.0 Å². The van der Waals surface area contributed by atoms with Crippen molar-refractivity contribution in [1.29, 1.82) is 0 Å². The average Bonchev–Trinajstić information content (AvgIpc) is 3.04. The van der Waals surface area contributed by atoms with E-state index in [0.29, 0.717) is 21.1 Å². The number of likely N-dealkylation sites (N-methyl/N-ethyl adjacent to an activating group) is 1. The van der Waals surface area contributed by atoms with Gasteiger partial charge in [0.25, 0.3) is 0 Å². The summed E-state index contributed by atoms with van der Waals surface area (Å²) in [5.74, 6) is -0.189. The molecule has 1 aliphatic heterocycles. The Bertz CT molecular complexity index is 914. The summed E-state index contributed by atoms with van der Waals surface area (Å²) in [4.78, 5) is 15.9. The molecule has 0 bridgehead atoms. The van der Waals surface area contributed by atoms with Gasteiger partial charge in [0.05, 0.1) is 16.1 Å². The number of ketones is 1. The Labute approximate surface area is 166 Å². The Morgan fingerprint density at radius 2 is 2.00 bits per heavy atom. The SMILES string of the molecule is CC(=O)c1nc(C)c(-c2cccc(C(F)(F)F)c2)s1.CNC1=CCNC=C1C. The standard InChI is InChI=1S/C13H10F3NOS.C7H12N2/c1-7-11(19-12(17-7)8(2)18)9-4-3-5-10(6-9)13(14,15)16;1-6-5-9-4-3-7(6)8-2/h3-6H,1-2H3;3,5,8-9H,4H2,1-2H3. The molecular formula is C20H22F3N3OS. The van der Waals surface area contributed by atoms with Gasteiger partial charge in [-0.15, -0.1) is 11.3 Å². The lowest BCUT2D eigenvalue weighted by atomic mass is 10.1. The molecule has 28 heavy (non-hydrogen) atoms. The first-order chi connectivity index (χ1) is 13.1. The fourth-order valence-electron chi connectivity index (χ4n) is 2.56. The van der Waals surface area contributed by atoms with Gasteiger partial charge in [-0.3, -0.25) is 4.79 Å². The number of carbonyl (C=O) groups is 1. The van der Waals surface area contributed by atoms with Crippen LogP contribution in [0.15, 0.2) is 47.8 Å². The molecule has 8 heteroatoms. The van der Waals surface area contributed by atoms with Crippen LogP contribution in [0.3, 0.4) is 0 Å². The second-order valence-electron chi connectivity index (χ2n) is 6.17. The van der Waals surface area contributed by atoms with Crippen LogP contribution in [0.4, 0.5) is 13.2 Å². The van der Waals surface area contributed by atoms with Crippen LogP contribution in [0.1, 0.15) is 34.9 Å². The van der Waals surface area contributed by atoms with E-state index in [-0.39, 0.29) is 5.78 Å². The largest absolute Gasteiger partial charge is 0.416 e. The maximum Gasteiger partial charge on any atom is 0.416 e. The minimum atomic E-state index is -4.38. The van der Waals surface area contributed by atoms with E-state index in [1.807, 2.05) is 13.2 Å². The fraction of sp³-hybridized carbons (Fsp3) is 0.300. The lowest BCUT2D eigenvalue weighted by molar-refractivity contribution is -0.137. The van der Waals surface area contributed by atoms with Gasteiger partial charge in [0, 0.05) is 32.4 Å². The molecule has 0 radical (unpaired) electrons. The summed E-state index contributed by atoms with van der Waals surface area (Å²) in [6.07, 6.45) is -0.223. The van der Waals surface area contributed by atoms with Crippen molar-refractivity contribution in [3.8, 4) is 10.4 Å². The Hall–Kier alpha value is -2.61. The van der Waals surface area contributed by atoms with E-state index in [2.05, 4.69) is 28.6 Å². The highest BCUT2D eigenvalue weighted by atomic mass is 32.1. The number of aryl methyl sites for hydroxylation is 1. The fourth-order valence-corrected chi connectivity index (χ4v) is 3.52. The minimum Gasteiger partial charge on any atom is -0.388 e. The van der Waals surface area contributed by atoms with Gasteiger partial charge in [0.2, 0.25) is 0 Å². The Balaban J connectivity index is 0.000000261. The summed E-state index contributed by atoms with van der Waals surface area (Å²) >= 11 is 1.11. The van der Waals surface area contributed by atoms with E-state index >= 15 is 0 Å². The molecule has 0 fully saturated rings. The first-order valence-corrected chi connectivity index (χ1v) is 9.39. The third-order valence-corrected chi connectivity index (χ3v) is 5.29. The normalized spacial score (nSPS) is 13.5. The molecular weight excluding hydrogens is 387 g/mol. The number of halogens is 3. The highest BCUT2D eigenvalue weighted by Crippen LogP contribution is 2.35. The van der Waals surface area contributed by atoms with Crippen molar-refractivity contribution in [3.63, 3.8) is 0 Å². The lowest BCUT2D eigenvalue weighted by Crippen LogP contribution is -2.18. The van der Waals surface area contributed by atoms with Crippen molar-refractivity contribution in [2.24, 2.45) is 0 Å². The topological polar surface area (TPSA) is 54.0 Å². The van der Waals surface area contributed by atoms with Crippen molar-refractivity contribution >= 4 is 17.1 Å². The van der Waals surface area contributed by atoms with Gasteiger partial charge >= 0.3 is 6.18 Å². The van der Waals surface area contributed by atoms with Crippen LogP contribution in [0.5, 0.6) is 0 Å². The van der Waals surface area contributed by atoms with Gasteiger partial charge in [-0.2, -0.15) is 13.2 Å². The zero-order valence-corrected chi connectivity index (χ0v) is 16.9. The number of hydrogen-bond donors (Lipinski definition) is 2.